The van der Waals surface area contributed by atoms with Gasteiger partial charge in [0.15, 0.2) is 0 Å². The van der Waals surface area contributed by atoms with Crippen LogP contribution in [0.5, 0.6) is 0 Å². The number of piperazine rings is 1. The Morgan fingerprint density at radius 2 is 1.64 bits per heavy atom. The third-order valence-electron chi connectivity index (χ3n) is 5.31. The van der Waals surface area contributed by atoms with E-state index < -0.39 is 0 Å². The molecule has 5 nitrogen and oxygen atoms in total. The molecule has 2 aromatic rings. The molecule has 148 valence electrons. The summed E-state index contributed by atoms with van der Waals surface area (Å²) in [5.41, 5.74) is 3.87. The van der Waals surface area contributed by atoms with Crippen LogP contribution in [0.3, 0.4) is 0 Å². The molecule has 0 saturated carbocycles. The van der Waals surface area contributed by atoms with Crippen LogP contribution in [-0.4, -0.2) is 61.4 Å². The van der Waals surface area contributed by atoms with Gasteiger partial charge in [-0.1, -0.05) is 43.3 Å². The van der Waals surface area contributed by atoms with Crippen molar-refractivity contribution in [2.24, 2.45) is 0 Å². The molecule has 0 aromatic heterocycles. The first-order chi connectivity index (χ1) is 13.5. The van der Waals surface area contributed by atoms with Crippen LogP contribution in [-0.2, 0) is 11.2 Å². The van der Waals surface area contributed by atoms with E-state index in [0.717, 1.165) is 48.3 Å². The Morgan fingerprint density at radius 3 is 2.21 bits per heavy atom. The van der Waals surface area contributed by atoms with Crippen LogP contribution in [0.4, 0.5) is 0 Å². The average molecular weight is 380 g/mol. The molecule has 1 heterocycles. The van der Waals surface area contributed by atoms with Gasteiger partial charge in [-0.2, -0.15) is 0 Å². The van der Waals surface area contributed by atoms with E-state index in [4.69, 9.17) is 0 Å². The molecular formula is C23H29N3O2. The largest absolute Gasteiger partial charge is 0.349 e. The highest BCUT2D eigenvalue weighted by Gasteiger charge is 2.22. The highest BCUT2D eigenvalue weighted by Crippen LogP contribution is 2.21. The summed E-state index contributed by atoms with van der Waals surface area (Å²) >= 11 is 0. The summed E-state index contributed by atoms with van der Waals surface area (Å²) in [6, 6.07) is 16.2. The van der Waals surface area contributed by atoms with Crippen LogP contribution in [0.2, 0.25) is 0 Å². The van der Waals surface area contributed by atoms with Crippen LogP contribution < -0.4 is 5.32 Å². The van der Waals surface area contributed by atoms with Gasteiger partial charge in [0, 0.05) is 45.3 Å². The van der Waals surface area contributed by atoms with Gasteiger partial charge < -0.3 is 15.1 Å². The average Bonchev–Trinajstić information content (AvgIpc) is 2.74. The molecular weight excluding hydrogens is 350 g/mol. The van der Waals surface area contributed by atoms with E-state index in [9.17, 15) is 9.59 Å². The lowest BCUT2D eigenvalue weighted by Gasteiger charge is -2.33. The molecule has 0 spiro atoms. The van der Waals surface area contributed by atoms with Gasteiger partial charge in [0.05, 0.1) is 6.42 Å². The number of nitrogens with one attached hydrogen (secondary N) is 1. The van der Waals surface area contributed by atoms with E-state index in [2.05, 4.69) is 12.2 Å². The van der Waals surface area contributed by atoms with Crippen molar-refractivity contribution < 1.29 is 9.59 Å². The SMILES string of the molecule is CC[C@H]1CN(C(=O)c2ccc(-c3ccc(CC(=O)N(C)C)cc3)cc2)CCN1. The predicted octanol–water partition coefficient (Wildman–Crippen LogP) is 2.81. The number of hydrogen-bond acceptors (Lipinski definition) is 3. The lowest BCUT2D eigenvalue weighted by molar-refractivity contribution is -0.127. The third-order valence-corrected chi connectivity index (χ3v) is 5.31. The molecule has 5 heteroatoms. The van der Waals surface area contributed by atoms with Crippen molar-refractivity contribution in [3.05, 3.63) is 59.7 Å². The van der Waals surface area contributed by atoms with Gasteiger partial charge >= 0.3 is 0 Å². The molecule has 2 aromatic carbocycles. The zero-order valence-corrected chi connectivity index (χ0v) is 16.9. The topological polar surface area (TPSA) is 52.7 Å². The molecule has 28 heavy (non-hydrogen) atoms. The number of rotatable bonds is 5. The minimum atomic E-state index is 0.0915. The van der Waals surface area contributed by atoms with Crippen LogP contribution >= 0.6 is 0 Å². The summed E-state index contributed by atoms with van der Waals surface area (Å²) in [5.74, 6) is 0.192. The zero-order chi connectivity index (χ0) is 20.1. The molecule has 2 amide bonds. The lowest BCUT2D eigenvalue weighted by atomic mass is 10.0. The second-order valence-corrected chi connectivity index (χ2v) is 7.55. The number of amides is 2. The number of benzene rings is 2. The first kappa shape index (κ1) is 20.1. The highest BCUT2D eigenvalue weighted by atomic mass is 16.2. The Bertz CT molecular complexity index is 813. The quantitative estimate of drug-likeness (QED) is 0.869. The van der Waals surface area contributed by atoms with Crippen LogP contribution in [0.1, 0.15) is 29.3 Å². The normalized spacial score (nSPS) is 16.7. The minimum Gasteiger partial charge on any atom is -0.349 e. The predicted molar refractivity (Wildman–Crippen MR) is 112 cm³/mol. The molecule has 1 aliphatic heterocycles. The number of hydrogen-bond donors (Lipinski definition) is 1. The van der Waals surface area contributed by atoms with Crippen molar-refractivity contribution in [1.82, 2.24) is 15.1 Å². The molecule has 1 aliphatic rings. The summed E-state index contributed by atoms with van der Waals surface area (Å²) in [4.78, 5) is 28.1. The Hall–Kier alpha value is -2.66. The second-order valence-electron chi connectivity index (χ2n) is 7.55. The zero-order valence-electron chi connectivity index (χ0n) is 16.9. The second kappa shape index (κ2) is 9.02. The van der Waals surface area contributed by atoms with Crippen molar-refractivity contribution in [3.8, 4) is 11.1 Å². The van der Waals surface area contributed by atoms with E-state index in [1.807, 2.05) is 53.4 Å². The maximum absolute atomic E-state index is 12.8. The smallest absolute Gasteiger partial charge is 0.253 e. The Morgan fingerprint density at radius 1 is 1.04 bits per heavy atom. The number of carbonyl (C=O) groups excluding carboxylic acids is 2. The van der Waals surface area contributed by atoms with Gasteiger partial charge in [-0.05, 0) is 35.2 Å². The molecule has 0 bridgehead atoms. The van der Waals surface area contributed by atoms with E-state index in [0.29, 0.717) is 12.5 Å². The molecule has 1 saturated heterocycles. The fraction of sp³-hybridized carbons (Fsp3) is 0.391. The molecule has 0 aliphatic carbocycles. The van der Waals surface area contributed by atoms with E-state index >= 15 is 0 Å². The van der Waals surface area contributed by atoms with Crippen molar-refractivity contribution in [2.75, 3.05) is 33.7 Å². The summed E-state index contributed by atoms with van der Waals surface area (Å²) < 4.78 is 0. The van der Waals surface area contributed by atoms with Gasteiger partial charge in [0.25, 0.3) is 5.91 Å². The van der Waals surface area contributed by atoms with Crippen LogP contribution in [0.15, 0.2) is 48.5 Å². The van der Waals surface area contributed by atoms with E-state index in [-0.39, 0.29) is 11.8 Å². The molecule has 1 atom stereocenters. The first-order valence-corrected chi connectivity index (χ1v) is 9.90. The summed E-state index contributed by atoms with van der Waals surface area (Å²) in [5, 5.41) is 3.44. The highest BCUT2D eigenvalue weighted by molar-refractivity contribution is 5.94. The molecule has 0 unspecified atom stereocenters. The van der Waals surface area contributed by atoms with Gasteiger partial charge in [-0.15, -0.1) is 0 Å². The van der Waals surface area contributed by atoms with Crippen molar-refractivity contribution in [2.45, 2.75) is 25.8 Å². The number of carbonyl (C=O) groups is 2. The van der Waals surface area contributed by atoms with Crippen LogP contribution in [0, 0.1) is 0 Å². The molecule has 3 rings (SSSR count). The van der Waals surface area contributed by atoms with E-state index in [1.54, 1.807) is 19.0 Å². The monoisotopic (exact) mass is 379 g/mol. The first-order valence-electron chi connectivity index (χ1n) is 9.90. The maximum atomic E-state index is 12.8. The maximum Gasteiger partial charge on any atom is 0.253 e. The molecule has 1 fully saturated rings. The van der Waals surface area contributed by atoms with Crippen molar-refractivity contribution in [1.29, 1.82) is 0 Å². The lowest BCUT2D eigenvalue weighted by Crippen LogP contribution is -2.52. The van der Waals surface area contributed by atoms with Gasteiger partial charge in [-0.3, -0.25) is 9.59 Å². The fourth-order valence-corrected chi connectivity index (χ4v) is 3.42. The van der Waals surface area contributed by atoms with E-state index in [1.165, 1.54) is 0 Å². The third kappa shape index (κ3) is 4.78. The summed E-state index contributed by atoms with van der Waals surface area (Å²) in [6.07, 6.45) is 1.43. The Balaban J connectivity index is 1.67. The number of nitrogens with zero attached hydrogens (tertiary/aromatic N) is 2. The number of likely N-dealkylation sites (N-methyl/N-ethyl adjacent to an activating group) is 1. The van der Waals surface area contributed by atoms with Crippen molar-refractivity contribution >= 4 is 11.8 Å². The fourth-order valence-electron chi connectivity index (χ4n) is 3.42. The summed E-state index contributed by atoms with van der Waals surface area (Å²) in [7, 11) is 3.53. The van der Waals surface area contributed by atoms with Gasteiger partial charge in [0.1, 0.15) is 0 Å². The Labute approximate surface area is 167 Å². The molecule has 0 radical (unpaired) electrons. The van der Waals surface area contributed by atoms with Gasteiger partial charge in [-0.25, -0.2) is 0 Å². The van der Waals surface area contributed by atoms with Crippen molar-refractivity contribution in [3.63, 3.8) is 0 Å². The van der Waals surface area contributed by atoms with Crippen LogP contribution in [0.25, 0.3) is 11.1 Å². The molecule has 1 N–H and O–H groups in total. The summed E-state index contributed by atoms with van der Waals surface area (Å²) in [6.45, 7) is 4.52. The standard InChI is InChI=1S/C23H29N3O2/c1-4-21-16-26(14-13-24-21)23(28)20-11-9-19(10-12-20)18-7-5-17(6-8-18)15-22(27)25(2)3/h5-12,21,24H,4,13-16H2,1-3H3/t21-/m0/s1. The van der Waals surface area contributed by atoms with Gasteiger partial charge in [0.2, 0.25) is 5.91 Å². The Kier molecular flexibility index (Phi) is 6.47. The minimum absolute atomic E-state index is 0.0915.